The smallest absolute Gasteiger partial charge is 0.280 e. The van der Waals surface area contributed by atoms with Crippen LogP contribution in [0.15, 0.2) is 22.2 Å². The number of aromatic amines is 2. The van der Waals surface area contributed by atoms with Gasteiger partial charge in [-0.25, -0.2) is 9.97 Å². The molecule has 7 N–H and O–H groups in total. The predicted molar refractivity (Wildman–Crippen MR) is 181 cm³/mol. The Bertz CT molecular complexity index is 2130. The first-order valence-electron chi connectivity index (χ1n) is 14.7. The zero-order valence-electron chi connectivity index (χ0n) is 25.6. The Morgan fingerprint density at radius 2 is 1.37 bits per heavy atom. The molecule has 4 unspecified atom stereocenters. The molecule has 258 valence electrons. The van der Waals surface area contributed by atoms with Gasteiger partial charge in [-0.2, -0.15) is 9.97 Å². The summed E-state index contributed by atoms with van der Waals surface area (Å²) in [5.74, 6) is 0.00739. The van der Waals surface area contributed by atoms with Gasteiger partial charge in [0, 0.05) is 6.04 Å². The van der Waals surface area contributed by atoms with E-state index in [1.165, 1.54) is 21.8 Å². The molecule has 3 saturated heterocycles. The Labute approximate surface area is 288 Å². The van der Waals surface area contributed by atoms with Crippen molar-refractivity contribution in [2.75, 3.05) is 24.3 Å². The summed E-state index contributed by atoms with van der Waals surface area (Å²) >= 11 is 11.0. The van der Waals surface area contributed by atoms with E-state index in [0.29, 0.717) is 0 Å². The highest BCUT2D eigenvalue weighted by Crippen LogP contribution is 2.53. The minimum atomic E-state index is -3.69. The van der Waals surface area contributed by atoms with E-state index in [-0.39, 0.29) is 53.5 Å². The fourth-order valence-corrected chi connectivity index (χ4v) is 8.76. The number of aliphatic hydroxyl groups excluding tert-OH is 2. The molecule has 0 aliphatic carbocycles. The number of nitrogens with zero attached hydrogens (tertiary/aromatic N) is 6. The first-order valence-corrected chi connectivity index (χ1v) is 20.1. The molecule has 4 aromatic rings. The summed E-state index contributed by atoms with van der Waals surface area (Å²) in [6.45, 7) is 2.98. The Kier molecular flexibility index (Phi) is 9.15. The van der Waals surface area contributed by atoms with Gasteiger partial charge in [0.05, 0.1) is 25.9 Å². The number of nitrogen functional groups attached to an aromatic ring is 1. The first kappa shape index (κ1) is 34.8. The van der Waals surface area contributed by atoms with Crippen molar-refractivity contribution < 1.29 is 37.8 Å². The average molecular weight is 752 g/mol. The van der Waals surface area contributed by atoms with Crippen molar-refractivity contribution in [3.8, 4) is 0 Å². The van der Waals surface area contributed by atoms with Crippen molar-refractivity contribution in [1.29, 1.82) is 0 Å². The van der Waals surface area contributed by atoms with E-state index in [9.17, 15) is 19.8 Å². The van der Waals surface area contributed by atoms with E-state index in [4.69, 9.17) is 72.0 Å². The van der Waals surface area contributed by atoms with Gasteiger partial charge in [0.15, 0.2) is 49.9 Å². The van der Waals surface area contributed by atoms with Crippen molar-refractivity contribution in [2.45, 2.75) is 69.0 Å². The lowest BCUT2D eigenvalue weighted by Gasteiger charge is -2.33. The summed E-state index contributed by atoms with van der Waals surface area (Å²) in [6.07, 6.45) is -14.9. The lowest BCUT2D eigenvalue weighted by atomic mass is 10.1. The molecule has 3 aliphatic rings. The van der Waals surface area contributed by atoms with Crippen molar-refractivity contribution in [2.24, 2.45) is 0 Å². The SMILES string of the molecule is [B]P1(=S)OC[C@H]2O[C@@H](n3cnc4c(=O)[nH]c(NC(C)C)nc43)[C@@H](O)C2OP([B])(=S)OC[C@H]2O[C@@H](n3cnc4c(=O)[nH]c(N)nc43)[C@@H](O)C2O1. The number of imidazole rings is 2. The number of H-pyrrole nitrogens is 2. The van der Waals surface area contributed by atoms with Crippen LogP contribution in [-0.4, -0.2) is 120 Å². The number of nitrogens with two attached hydrogens (primary N) is 1. The predicted octanol–water partition coefficient (Wildman–Crippen LogP) is -1.22. The van der Waals surface area contributed by atoms with Gasteiger partial charge in [0.25, 0.3) is 11.1 Å². The molecule has 0 spiro atoms. The van der Waals surface area contributed by atoms with E-state index < -0.39 is 72.9 Å². The van der Waals surface area contributed by atoms with Crippen molar-refractivity contribution in [3.05, 3.63) is 33.4 Å². The summed E-state index contributed by atoms with van der Waals surface area (Å²) in [5, 5.41) is 25.9. The summed E-state index contributed by atoms with van der Waals surface area (Å²) < 4.78 is 38.6. The average Bonchev–Trinajstić information content (AvgIpc) is 3.76. The van der Waals surface area contributed by atoms with Crippen LogP contribution >= 0.6 is 12.7 Å². The standard InChI is InChI=1S/C23H28B2N10O10P2S2/c1-7(2)29-23-31-17-11(19(39)33-23)28-6-35(17)21-13(37)15-9(43-21)4-41-46(24,48)44-14-8(3-40-47(25,49)45-15)42-20(12(14)36)34-5-27-10-16(34)30-22(26)32-18(10)38/h5-9,12-15,20-21,36-37H,3-4H2,1-2H3,(H3,26,30,32,38)(H2,29,31,33,39)/t8-,9-,12+,13+,14?,15?,20-,21-,46?,47?/m1/s1. The summed E-state index contributed by atoms with van der Waals surface area (Å²) in [5.41, 5.74) is 4.73. The van der Waals surface area contributed by atoms with Crippen LogP contribution in [0.2, 0.25) is 0 Å². The molecule has 0 saturated carbocycles. The Morgan fingerprint density at radius 3 is 1.86 bits per heavy atom. The van der Waals surface area contributed by atoms with E-state index in [1.807, 2.05) is 13.8 Å². The molecule has 20 nitrogen and oxygen atoms in total. The summed E-state index contributed by atoms with van der Waals surface area (Å²) in [6, 6.07) is -0.0497. The van der Waals surface area contributed by atoms with Gasteiger partial charge < -0.3 is 48.8 Å². The van der Waals surface area contributed by atoms with Gasteiger partial charge in [-0.1, -0.05) is 0 Å². The van der Waals surface area contributed by atoms with Crippen LogP contribution in [0.5, 0.6) is 0 Å². The number of anilines is 2. The van der Waals surface area contributed by atoms with Crippen LogP contribution in [0.25, 0.3) is 22.3 Å². The highest BCUT2D eigenvalue weighted by atomic mass is 32.5. The Balaban J connectivity index is 1.17. The van der Waals surface area contributed by atoms with Gasteiger partial charge in [-0.3, -0.25) is 28.7 Å². The number of hydrogen-bond donors (Lipinski definition) is 6. The topological polar surface area (TPSA) is 261 Å². The molecule has 4 radical (unpaired) electrons. The van der Waals surface area contributed by atoms with E-state index in [1.54, 1.807) is 0 Å². The number of fused-ring (bicyclic) bond motifs is 4. The number of aliphatic hydroxyl groups is 2. The van der Waals surface area contributed by atoms with Crippen LogP contribution in [0.3, 0.4) is 0 Å². The minimum absolute atomic E-state index is 0.00411. The second kappa shape index (κ2) is 12.9. The fraction of sp³-hybridized carbons (Fsp3) is 0.565. The normalized spacial score (nSPS) is 35.6. The molecule has 0 aromatic carbocycles. The Hall–Kier alpha value is -2.59. The molecule has 0 bridgehead atoms. The van der Waals surface area contributed by atoms with E-state index >= 15 is 0 Å². The molecule has 26 heteroatoms. The minimum Gasteiger partial charge on any atom is -0.386 e. The van der Waals surface area contributed by atoms with Gasteiger partial charge in [-0.15, -0.1) is 0 Å². The van der Waals surface area contributed by atoms with E-state index in [0.717, 1.165) is 0 Å². The summed E-state index contributed by atoms with van der Waals surface area (Å²) in [7, 11) is 12.7. The third-order valence-corrected chi connectivity index (χ3v) is 11.1. The number of aromatic nitrogens is 8. The molecular weight excluding hydrogens is 724 g/mol. The largest absolute Gasteiger partial charge is 0.386 e. The number of rotatable bonds is 4. The quantitative estimate of drug-likeness (QED) is 0.105. The number of nitrogens with one attached hydrogen (secondary N) is 3. The second-order valence-corrected chi connectivity index (χ2v) is 17.9. The zero-order valence-corrected chi connectivity index (χ0v) is 29.0. The zero-order chi connectivity index (χ0) is 35.0. The number of ether oxygens (including phenoxy) is 2. The van der Waals surface area contributed by atoms with Crippen LogP contribution in [0.4, 0.5) is 11.9 Å². The molecule has 4 aromatic heterocycles. The second-order valence-electron chi connectivity index (χ2n) is 11.7. The maximum absolute atomic E-state index is 12.7. The van der Waals surface area contributed by atoms with Gasteiger partial charge in [0.2, 0.25) is 11.9 Å². The molecule has 3 fully saturated rings. The molecule has 7 rings (SSSR count). The first-order chi connectivity index (χ1) is 23.1. The third-order valence-electron chi connectivity index (χ3n) is 7.85. The van der Waals surface area contributed by atoms with Gasteiger partial charge in [-0.05, 0) is 37.5 Å². The lowest BCUT2D eigenvalue weighted by Crippen LogP contribution is -2.39. The van der Waals surface area contributed by atoms with Gasteiger partial charge >= 0.3 is 0 Å². The molecule has 7 heterocycles. The Morgan fingerprint density at radius 1 is 0.898 bits per heavy atom. The molecule has 3 aliphatic heterocycles. The maximum atomic E-state index is 12.7. The van der Waals surface area contributed by atoms with Crippen molar-refractivity contribution in [1.82, 2.24) is 39.0 Å². The molecular formula is C23H28B2N10O10P2S2. The van der Waals surface area contributed by atoms with Crippen LogP contribution in [0, 0.1) is 0 Å². The third kappa shape index (κ3) is 6.65. The van der Waals surface area contributed by atoms with Crippen molar-refractivity contribution in [3.63, 3.8) is 0 Å². The summed E-state index contributed by atoms with van der Waals surface area (Å²) in [4.78, 5) is 46.8. The highest BCUT2D eigenvalue weighted by molar-refractivity contribution is 8.21. The fourth-order valence-electron chi connectivity index (χ4n) is 5.77. The van der Waals surface area contributed by atoms with Crippen LogP contribution < -0.4 is 22.2 Å². The number of hydrogen-bond acceptors (Lipinski definition) is 18. The highest BCUT2D eigenvalue weighted by Gasteiger charge is 2.51. The molecule has 0 amide bonds. The van der Waals surface area contributed by atoms with E-state index in [2.05, 4.69) is 35.2 Å². The van der Waals surface area contributed by atoms with Crippen LogP contribution in [-0.2, 0) is 51.2 Å². The molecule has 49 heavy (non-hydrogen) atoms. The lowest BCUT2D eigenvalue weighted by molar-refractivity contribution is -0.0530. The monoisotopic (exact) mass is 752 g/mol. The molecule has 10 atom stereocenters. The maximum Gasteiger partial charge on any atom is 0.280 e. The van der Waals surface area contributed by atoms with Gasteiger partial charge in [0.1, 0.15) is 49.4 Å². The van der Waals surface area contributed by atoms with Crippen LogP contribution in [0.1, 0.15) is 26.3 Å². The van der Waals surface area contributed by atoms with Crippen molar-refractivity contribution >= 4 is 85.7 Å².